The summed E-state index contributed by atoms with van der Waals surface area (Å²) < 4.78 is 24.4. The van der Waals surface area contributed by atoms with E-state index in [-0.39, 0.29) is 6.61 Å². The van der Waals surface area contributed by atoms with Gasteiger partial charge in [0.2, 0.25) is 0 Å². The van der Waals surface area contributed by atoms with E-state index in [1.807, 2.05) is 0 Å². The van der Waals surface area contributed by atoms with E-state index in [0.29, 0.717) is 0 Å². The maximum absolute atomic E-state index is 10.2. The van der Waals surface area contributed by atoms with Gasteiger partial charge in [0.05, 0.1) is 6.61 Å². The highest BCUT2D eigenvalue weighted by Crippen LogP contribution is 1.95. The molecule has 6 heteroatoms. The Morgan fingerprint density at radius 1 is 1.56 bits per heavy atom. The lowest BCUT2D eigenvalue weighted by atomic mass is 10.9. The Morgan fingerprint density at radius 3 is 2.11 bits per heavy atom. The van der Waals surface area contributed by atoms with Crippen molar-refractivity contribution >= 4 is 10.1 Å². The maximum atomic E-state index is 10.2. The van der Waals surface area contributed by atoms with Gasteiger partial charge in [0.15, 0.2) is 0 Å². The van der Waals surface area contributed by atoms with Crippen molar-refractivity contribution in [2.45, 2.75) is 12.5 Å². The van der Waals surface area contributed by atoms with Crippen LogP contribution in [0.2, 0.25) is 0 Å². The van der Waals surface area contributed by atoms with Crippen LogP contribution in [0.15, 0.2) is 0 Å². The van der Waals surface area contributed by atoms with Crippen LogP contribution in [0.4, 0.5) is 0 Å². The van der Waals surface area contributed by atoms with Crippen molar-refractivity contribution in [1.82, 2.24) is 0 Å². The standard InChI is InChI=1S/C3H8O5S/c1-2-8-9(6,7)3(4)5/h3-5H,2H2,1H3. The van der Waals surface area contributed by atoms with E-state index in [2.05, 4.69) is 4.18 Å². The maximum Gasteiger partial charge on any atom is 0.320 e. The Bertz CT molecular complexity index is 157. The average molecular weight is 156 g/mol. The molecule has 56 valence electrons. The second kappa shape index (κ2) is 3.11. The van der Waals surface area contributed by atoms with Gasteiger partial charge in [-0.25, -0.2) is 0 Å². The molecule has 0 bridgehead atoms. The molecular formula is C3H8O5S. The van der Waals surface area contributed by atoms with Crippen LogP contribution in [0, 0.1) is 0 Å². The highest BCUT2D eigenvalue weighted by atomic mass is 32.2. The zero-order chi connectivity index (χ0) is 7.49. The third kappa shape index (κ3) is 2.75. The summed E-state index contributed by atoms with van der Waals surface area (Å²) in [4.78, 5) is 0. The van der Waals surface area contributed by atoms with E-state index in [1.165, 1.54) is 6.92 Å². The Labute approximate surface area is 53.0 Å². The molecule has 0 aliphatic rings. The van der Waals surface area contributed by atoms with Crippen LogP contribution in [0.5, 0.6) is 0 Å². The molecule has 0 radical (unpaired) electrons. The molecule has 0 aliphatic heterocycles. The van der Waals surface area contributed by atoms with Gasteiger partial charge in [-0.2, -0.15) is 8.42 Å². The Kier molecular flexibility index (Phi) is 3.06. The third-order valence-corrected chi connectivity index (χ3v) is 1.62. The minimum absolute atomic E-state index is 0.0973. The summed E-state index contributed by atoms with van der Waals surface area (Å²) >= 11 is 0. The minimum Gasteiger partial charge on any atom is -0.354 e. The van der Waals surface area contributed by atoms with Gasteiger partial charge in [-0.05, 0) is 6.92 Å². The first-order chi connectivity index (χ1) is 4.00. The van der Waals surface area contributed by atoms with Gasteiger partial charge < -0.3 is 10.2 Å². The molecule has 0 aliphatic carbocycles. The van der Waals surface area contributed by atoms with Crippen molar-refractivity contribution in [3.63, 3.8) is 0 Å². The second-order valence-electron chi connectivity index (χ2n) is 1.23. The fraction of sp³-hybridized carbons (Fsp3) is 1.00. The molecule has 2 N–H and O–H groups in total. The Morgan fingerprint density at radius 2 is 2.00 bits per heavy atom. The van der Waals surface area contributed by atoms with E-state index in [9.17, 15) is 8.42 Å². The first-order valence-electron chi connectivity index (χ1n) is 2.25. The van der Waals surface area contributed by atoms with Crippen LogP contribution in [0.1, 0.15) is 6.92 Å². The molecule has 0 aromatic carbocycles. The minimum atomic E-state index is -4.14. The number of aliphatic hydroxyl groups is 2. The quantitative estimate of drug-likeness (QED) is 0.388. The van der Waals surface area contributed by atoms with Gasteiger partial charge in [0.25, 0.3) is 5.62 Å². The van der Waals surface area contributed by atoms with Crippen LogP contribution < -0.4 is 0 Å². The van der Waals surface area contributed by atoms with E-state index in [1.54, 1.807) is 0 Å². The number of rotatable bonds is 3. The Hall–Kier alpha value is -0.170. The number of hydrogen-bond acceptors (Lipinski definition) is 5. The van der Waals surface area contributed by atoms with Crippen LogP contribution in [0.3, 0.4) is 0 Å². The van der Waals surface area contributed by atoms with Crippen LogP contribution in [-0.2, 0) is 14.3 Å². The smallest absolute Gasteiger partial charge is 0.320 e. The molecule has 0 fully saturated rings. The SMILES string of the molecule is CCOS(=O)(=O)C(O)O. The summed E-state index contributed by atoms with van der Waals surface area (Å²) in [5.74, 6) is 0. The van der Waals surface area contributed by atoms with Crippen LogP contribution >= 0.6 is 0 Å². The molecule has 0 spiro atoms. The molecule has 0 atom stereocenters. The van der Waals surface area contributed by atoms with Crippen molar-refractivity contribution in [3.05, 3.63) is 0 Å². The summed E-state index contributed by atoms with van der Waals surface area (Å²) in [6, 6.07) is 0. The van der Waals surface area contributed by atoms with Crippen LogP contribution in [0.25, 0.3) is 0 Å². The van der Waals surface area contributed by atoms with Gasteiger partial charge in [0, 0.05) is 0 Å². The lowest BCUT2D eigenvalue weighted by Crippen LogP contribution is -2.22. The monoisotopic (exact) mass is 156 g/mol. The van der Waals surface area contributed by atoms with E-state index in [4.69, 9.17) is 10.2 Å². The van der Waals surface area contributed by atoms with Gasteiger partial charge in [-0.15, -0.1) is 0 Å². The van der Waals surface area contributed by atoms with Gasteiger partial charge >= 0.3 is 10.1 Å². The van der Waals surface area contributed by atoms with Gasteiger partial charge in [0.1, 0.15) is 0 Å². The zero-order valence-electron chi connectivity index (χ0n) is 4.81. The first kappa shape index (κ1) is 8.83. The van der Waals surface area contributed by atoms with Gasteiger partial charge in [-0.3, -0.25) is 4.18 Å². The molecular weight excluding hydrogens is 148 g/mol. The summed E-state index contributed by atoms with van der Waals surface area (Å²) in [6.07, 6.45) is 0. The molecule has 0 saturated heterocycles. The number of aliphatic hydroxyl groups excluding tert-OH is 1. The Balaban J connectivity index is 4.05. The molecule has 0 heterocycles. The van der Waals surface area contributed by atoms with E-state index < -0.39 is 15.7 Å². The predicted molar refractivity (Wildman–Crippen MR) is 28.8 cm³/mol. The molecule has 0 aromatic rings. The van der Waals surface area contributed by atoms with Crippen molar-refractivity contribution in [2.75, 3.05) is 6.61 Å². The molecule has 0 amide bonds. The molecule has 0 aromatic heterocycles. The molecule has 0 saturated carbocycles. The largest absolute Gasteiger partial charge is 0.354 e. The zero-order valence-corrected chi connectivity index (χ0v) is 5.63. The van der Waals surface area contributed by atoms with Gasteiger partial charge in [-0.1, -0.05) is 0 Å². The molecule has 0 unspecified atom stereocenters. The van der Waals surface area contributed by atoms with Crippen molar-refractivity contribution in [1.29, 1.82) is 0 Å². The molecule has 0 rings (SSSR count). The highest BCUT2D eigenvalue weighted by Gasteiger charge is 2.19. The van der Waals surface area contributed by atoms with E-state index >= 15 is 0 Å². The predicted octanol–water partition coefficient (Wildman–Crippen LogP) is -1.38. The fourth-order valence-electron chi connectivity index (χ4n) is 0.225. The van der Waals surface area contributed by atoms with Crippen molar-refractivity contribution < 1.29 is 22.8 Å². The summed E-state index contributed by atoms with van der Waals surface area (Å²) in [7, 11) is -4.14. The summed E-state index contributed by atoms with van der Waals surface area (Å²) in [6.45, 7) is 1.33. The topological polar surface area (TPSA) is 83.8 Å². The normalized spacial score (nSPS) is 12.4. The lowest BCUT2D eigenvalue weighted by molar-refractivity contribution is 0.0202. The highest BCUT2D eigenvalue weighted by molar-refractivity contribution is 7.86. The average Bonchev–Trinajstić information content (AvgIpc) is 1.65. The summed E-state index contributed by atoms with van der Waals surface area (Å²) in [5.41, 5.74) is -2.43. The number of hydrogen-bond donors (Lipinski definition) is 2. The van der Waals surface area contributed by atoms with Crippen LogP contribution in [-0.4, -0.2) is 30.9 Å². The third-order valence-electron chi connectivity index (χ3n) is 0.540. The fourth-order valence-corrected chi connectivity index (χ4v) is 0.675. The molecule has 9 heavy (non-hydrogen) atoms. The van der Waals surface area contributed by atoms with E-state index in [0.717, 1.165) is 0 Å². The van der Waals surface area contributed by atoms with Crippen molar-refractivity contribution in [2.24, 2.45) is 0 Å². The lowest BCUT2D eigenvalue weighted by Gasteiger charge is -2.02. The van der Waals surface area contributed by atoms with Crippen molar-refractivity contribution in [3.8, 4) is 0 Å². The molecule has 5 nitrogen and oxygen atoms in total. The summed E-state index contributed by atoms with van der Waals surface area (Å²) in [5, 5.41) is 16.1. The first-order valence-corrected chi connectivity index (χ1v) is 3.72. The second-order valence-corrected chi connectivity index (χ2v) is 2.87.